The number of pyridine rings is 1. The topological polar surface area (TPSA) is 50.2 Å². The van der Waals surface area contributed by atoms with Crippen molar-refractivity contribution in [2.24, 2.45) is 0 Å². The number of nitrogens with zero attached hydrogens (tertiary/aromatic N) is 1. The molecule has 2 rings (SSSR count). The van der Waals surface area contributed by atoms with E-state index in [0.29, 0.717) is 14.9 Å². The number of benzene rings is 1. The van der Waals surface area contributed by atoms with Crippen molar-refractivity contribution in [1.29, 1.82) is 0 Å². The Labute approximate surface area is 126 Å². The van der Waals surface area contributed by atoms with Gasteiger partial charge < -0.3 is 5.11 Å². The zero-order chi connectivity index (χ0) is 15.6. The van der Waals surface area contributed by atoms with Gasteiger partial charge in [0.1, 0.15) is 5.03 Å². The third-order valence-corrected chi connectivity index (χ3v) is 3.89. The minimum absolute atomic E-state index is 0.306. The Morgan fingerprint density at radius 1 is 1.29 bits per heavy atom. The Kier molecular flexibility index (Phi) is 4.43. The molecule has 1 heterocycles. The molecule has 0 bridgehead atoms. The van der Waals surface area contributed by atoms with Crippen LogP contribution in [0.5, 0.6) is 0 Å². The molecule has 0 atom stereocenters. The number of carbonyl (C=O) groups is 1. The third kappa shape index (κ3) is 3.68. The summed E-state index contributed by atoms with van der Waals surface area (Å²) < 4.78 is 38.2. The molecule has 0 radical (unpaired) electrons. The fourth-order valence-corrected chi connectivity index (χ4v) is 2.62. The molecule has 0 fully saturated rings. The van der Waals surface area contributed by atoms with Crippen molar-refractivity contribution in [3.8, 4) is 0 Å². The van der Waals surface area contributed by atoms with E-state index in [2.05, 4.69) is 4.98 Å². The monoisotopic (exact) mass is 333 g/mol. The lowest BCUT2D eigenvalue weighted by atomic mass is 10.1. The molecule has 0 aliphatic rings. The Hall–Kier alpha value is -1.73. The smallest absolute Gasteiger partial charge is 0.417 e. The van der Waals surface area contributed by atoms with Gasteiger partial charge in [0.2, 0.25) is 0 Å². The molecular formula is C13H7ClF3NO2S. The van der Waals surface area contributed by atoms with E-state index in [1.54, 1.807) is 12.1 Å². The van der Waals surface area contributed by atoms with Crippen molar-refractivity contribution < 1.29 is 23.1 Å². The average molecular weight is 334 g/mol. The minimum Gasteiger partial charge on any atom is -0.478 e. The summed E-state index contributed by atoms with van der Waals surface area (Å²) in [5.41, 5.74) is -1.99. The summed E-state index contributed by atoms with van der Waals surface area (Å²) in [6.45, 7) is 0. The van der Waals surface area contributed by atoms with Crippen molar-refractivity contribution in [3.05, 3.63) is 52.7 Å². The zero-order valence-corrected chi connectivity index (χ0v) is 11.8. The Bertz CT molecular complexity index is 691. The summed E-state index contributed by atoms with van der Waals surface area (Å²) in [7, 11) is 0. The van der Waals surface area contributed by atoms with Gasteiger partial charge in [-0.1, -0.05) is 23.4 Å². The highest BCUT2D eigenvalue weighted by atomic mass is 35.5. The van der Waals surface area contributed by atoms with Gasteiger partial charge in [-0.05, 0) is 30.3 Å². The normalized spacial score (nSPS) is 11.4. The van der Waals surface area contributed by atoms with Crippen LogP contribution in [0.1, 0.15) is 15.9 Å². The fourth-order valence-electron chi connectivity index (χ4n) is 1.57. The number of hydrogen-bond donors (Lipinski definition) is 1. The van der Waals surface area contributed by atoms with Crippen molar-refractivity contribution in [3.63, 3.8) is 0 Å². The van der Waals surface area contributed by atoms with Crippen molar-refractivity contribution >= 4 is 29.3 Å². The van der Waals surface area contributed by atoms with E-state index in [1.807, 2.05) is 0 Å². The minimum atomic E-state index is -4.72. The van der Waals surface area contributed by atoms with E-state index < -0.39 is 23.3 Å². The molecule has 0 aliphatic carbocycles. The first kappa shape index (κ1) is 15.7. The molecule has 0 aliphatic heterocycles. The number of rotatable bonds is 3. The SMILES string of the molecule is O=C(O)c1cc(Sc2ncccc2Cl)ccc1C(F)(F)F. The zero-order valence-electron chi connectivity index (χ0n) is 10.2. The molecule has 0 spiro atoms. The molecule has 2 aromatic rings. The summed E-state index contributed by atoms with van der Waals surface area (Å²) in [5.74, 6) is -1.64. The van der Waals surface area contributed by atoms with Gasteiger partial charge in [0.25, 0.3) is 0 Å². The van der Waals surface area contributed by atoms with Crippen LogP contribution < -0.4 is 0 Å². The molecule has 0 saturated carbocycles. The molecule has 0 unspecified atom stereocenters. The number of carboxylic acids is 1. The van der Waals surface area contributed by atoms with Gasteiger partial charge >= 0.3 is 12.1 Å². The molecule has 0 saturated heterocycles. The van der Waals surface area contributed by atoms with Crippen LogP contribution in [-0.4, -0.2) is 16.1 Å². The van der Waals surface area contributed by atoms with Crippen LogP contribution in [0.15, 0.2) is 46.5 Å². The quantitative estimate of drug-likeness (QED) is 0.891. The predicted octanol–water partition coefficient (Wildman–Crippen LogP) is 4.60. The second kappa shape index (κ2) is 5.95. The first-order chi connectivity index (χ1) is 9.79. The van der Waals surface area contributed by atoms with Crippen LogP contribution in [0.4, 0.5) is 13.2 Å². The highest BCUT2D eigenvalue weighted by molar-refractivity contribution is 7.99. The summed E-state index contributed by atoms with van der Waals surface area (Å²) in [4.78, 5) is 15.3. The lowest BCUT2D eigenvalue weighted by Crippen LogP contribution is -2.12. The molecule has 0 amide bonds. The summed E-state index contributed by atoms with van der Waals surface area (Å²) in [6.07, 6.45) is -3.24. The van der Waals surface area contributed by atoms with Crippen LogP contribution in [0, 0.1) is 0 Å². The first-order valence-electron chi connectivity index (χ1n) is 5.52. The first-order valence-corrected chi connectivity index (χ1v) is 6.71. The summed E-state index contributed by atoms with van der Waals surface area (Å²) in [5, 5.41) is 9.64. The Morgan fingerprint density at radius 3 is 2.57 bits per heavy atom. The molecule has 3 nitrogen and oxygen atoms in total. The third-order valence-electron chi connectivity index (χ3n) is 2.47. The van der Waals surface area contributed by atoms with E-state index in [4.69, 9.17) is 16.7 Å². The van der Waals surface area contributed by atoms with Crippen LogP contribution in [0.25, 0.3) is 0 Å². The van der Waals surface area contributed by atoms with Crippen LogP contribution in [-0.2, 0) is 6.18 Å². The van der Waals surface area contributed by atoms with E-state index >= 15 is 0 Å². The molecule has 21 heavy (non-hydrogen) atoms. The van der Waals surface area contributed by atoms with Crippen LogP contribution in [0.2, 0.25) is 5.02 Å². The average Bonchev–Trinajstić information content (AvgIpc) is 2.40. The lowest BCUT2D eigenvalue weighted by molar-refractivity contribution is -0.138. The maximum Gasteiger partial charge on any atom is 0.417 e. The van der Waals surface area contributed by atoms with Crippen molar-refractivity contribution in [2.75, 3.05) is 0 Å². The highest BCUT2D eigenvalue weighted by Gasteiger charge is 2.35. The summed E-state index contributed by atoms with van der Waals surface area (Å²) >= 11 is 6.89. The molecule has 1 aromatic carbocycles. The number of aromatic nitrogens is 1. The largest absolute Gasteiger partial charge is 0.478 e. The number of alkyl halides is 3. The van der Waals surface area contributed by atoms with Crippen LogP contribution in [0.3, 0.4) is 0 Å². The Morgan fingerprint density at radius 2 is 2.00 bits per heavy atom. The van der Waals surface area contributed by atoms with Crippen molar-refractivity contribution in [1.82, 2.24) is 4.98 Å². The van der Waals surface area contributed by atoms with E-state index in [-0.39, 0.29) is 0 Å². The standard InChI is InChI=1S/C13H7ClF3NO2S/c14-10-2-1-5-18-11(10)21-7-3-4-9(13(15,16)17)8(6-7)12(19)20/h1-6H,(H,19,20). The molecule has 110 valence electrons. The van der Waals surface area contributed by atoms with Gasteiger partial charge in [-0.3, -0.25) is 0 Å². The number of aromatic carboxylic acids is 1. The second-order valence-electron chi connectivity index (χ2n) is 3.90. The molecular weight excluding hydrogens is 327 g/mol. The van der Waals surface area contributed by atoms with Crippen molar-refractivity contribution in [2.45, 2.75) is 16.1 Å². The van der Waals surface area contributed by atoms with E-state index in [0.717, 1.165) is 23.9 Å². The van der Waals surface area contributed by atoms with Gasteiger partial charge in [-0.2, -0.15) is 13.2 Å². The fraction of sp³-hybridized carbons (Fsp3) is 0.0769. The Balaban J connectivity index is 2.42. The lowest BCUT2D eigenvalue weighted by Gasteiger charge is -2.11. The predicted molar refractivity (Wildman–Crippen MR) is 71.8 cm³/mol. The number of carboxylic acid groups (broad SMARTS) is 1. The van der Waals surface area contributed by atoms with E-state index in [1.165, 1.54) is 12.3 Å². The molecule has 8 heteroatoms. The van der Waals surface area contributed by atoms with Crippen LogP contribution >= 0.6 is 23.4 Å². The molecule has 1 aromatic heterocycles. The van der Waals surface area contributed by atoms with Gasteiger partial charge in [0.05, 0.1) is 16.1 Å². The van der Waals surface area contributed by atoms with Gasteiger partial charge in [0, 0.05) is 11.1 Å². The molecule has 1 N–H and O–H groups in total. The van der Waals surface area contributed by atoms with Gasteiger partial charge in [-0.15, -0.1) is 0 Å². The van der Waals surface area contributed by atoms with Gasteiger partial charge in [-0.25, -0.2) is 9.78 Å². The number of halogens is 4. The highest BCUT2D eigenvalue weighted by Crippen LogP contribution is 2.36. The number of hydrogen-bond acceptors (Lipinski definition) is 3. The maximum absolute atomic E-state index is 12.7. The van der Waals surface area contributed by atoms with Gasteiger partial charge in [0.15, 0.2) is 0 Å². The second-order valence-corrected chi connectivity index (χ2v) is 5.37. The maximum atomic E-state index is 12.7. The van der Waals surface area contributed by atoms with E-state index in [9.17, 15) is 18.0 Å². The summed E-state index contributed by atoms with van der Waals surface area (Å²) in [6, 6.07) is 6.08.